The Hall–Kier alpha value is -1.36. The van der Waals surface area contributed by atoms with Gasteiger partial charge < -0.3 is 9.47 Å². The predicted molar refractivity (Wildman–Crippen MR) is 79.6 cm³/mol. The van der Waals surface area contributed by atoms with E-state index in [1.54, 1.807) is 0 Å². The van der Waals surface area contributed by atoms with E-state index >= 15 is 0 Å². The van der Waals surface area contributed by atoms with Crippen molar-refractivity contribution in [3.8, 4) is 0 Å². The number of nitrogens with zero attached hydrogens (tertiary/aromatic N) is 4. The fraction of sp³-hybridized carbons (Fsp3) is 0.733. The minimum absolute atomic E-state index is 0.246. The molecule has 0 N–H and O–H groups in total. The van der Waals surface area contributed by atoms with Crippen molar-refractivity contribution in [3.63, 3.8) is 0 Å². The second-order valence-corrected chi connectivity index (χ2v) is 5.54. The fourth-order valence-corrected chi connectivity index (χ4v) is 3.05. The first kappa shape index (κ1) is 15.0. The number of hydrogen-bond donors (Lipinski definition) is 0. The van der Waals surface area contributed by atoms with Gasteiger partial charge in [-0.25, -0.2) is 4.98 Å². The maximum absolute atomic E-state index is 12.2. The molecule has 1 fully saturated rings. The number of hydrogen-bond acceptors (Lipinski definition) is 3. The number of rotatable bonds is 5. The molecule has 1 aliphatic rings. The zero-order valence-electron chi connectivity index (χ0n) is 12.9. The van der Waals surface area contributed by atoms with Crippen LogP contribution in [0.5, 0.6) is 0 Å². The number of amides is 1. The van der Waals surface area contributed by atoms with Gasteiger partial charge in [0.05, 0.1) is 6.54 Å². The summed E-state index contributed by atoms with van der Waals surface area (Å²) in [6.45, 7) is 8.18. The summed E-state index contributed by atoms with van der Waals surface area (Å²) in [5, 5.41) is 0. The molecule has 20 heavy (non-hydrogen) atoms. The van der Waals surface area contributed by atoms with E-state index in [0.29, 0.717) is 12.5 Å². The van der Waals surface area contributed by atoms with Crippen LogP contribution in [0.25, 0.3) is 0 Å². The van der Waals surface area contributed by atoms with E-state index in [0.717, 1.165) is 38.4 Å². The maximum Gasteiger partial charge on any atom is 0.236 e. The number of piperidine rings is 1. The van der Waals surface area contributed by atoms with Crippen molar-refractivity contribution >= 4 is 5.91 Å². The molecule has 1 aromatic heterocycles. The van der Waals surface area contributed by atoms with Gasteiger partial charge in [-0.05, 0) is 33.2 Å². The molecular formula is C15H26N4O. The van der Waals surface area contributed by atoms with Gasteiger partial charge in [0.15, 0.2) is 0 Å². The van der Waals surface area contributed by atoms with Crippen LogP contribution in [0.4, 0.5) is 0 Å². The normalized spacial score (nSPS) is 20.1. The summed E-state index contributed by atoms with van der Waals surface area (Å²) >= 11 is 0. The molecule has 0 aromatic carbocycles. The van der Waals surface area contributed by atoms with Crippen molar-refractivity contribution in [1.82, 2.24) is 19.4 Å². The van der Waals surface area contributed by atoms with Crippen molar-refractivity contribution in [3.05, 3.63) is 18.2 Å². The van der Waals surface area contributed by atoms with Crippen molar-refractivity contribution in [1.29, 1.82) is 0 Å². The van der Waals surface area contributed by atoms with E-state index in [2.05, 4.69) is 14.5 Å². The summed E-state index contributed by atoms with van der Waals surface area (Å²) in [4.78, 5) is 20.8. The lowest BCUT2D eigenvalue weighted by molar-refractivity contribution is -0.132. The van der Waals surface area contributed by atoms with Gasteiger partial charge in [-0.1, -0.05) is 0 Å². The third-order valence-corrected chi connectivity index (χ3v) is 4.20. The molecule has 1 amide bonds. The van der Waals surface area contributed by atoms with Gasteiger partial charge in [-0.15, -0.1) is 0 Å². The summed E-state index contributed by atoms with van der Waals surface area (Å²) < 4.78 is 2.10. The Morgan fingerprint density at radius 2 is 2.20 bits per heavy atom. The van der Waals surface area contributed by atoms with E-state index < -0.39 is 0 Å². The number of likely N-dealkylation sites (tertiary alicyclic amines) is 1. The van der Waals surface area contributed by atoms with Crippen LogP contribution in [0.1, 0.15) is 38.4 Å². The summed E-state index contributed by atoms with van der Waals surface area (Å²) in [5.74, 6) is 1.84. The van der Waals surface area contributed by atoms with Crippen LogP contribution in [0.3, 0.4) is 0 Å². The van der Waals surface area contributed by atoms with Gasteiger partial charge in [-0.3, -0.25) is 9.69 Å². The Bertz CT molecular complexity index is 439. The number of aromatic nitrogens is 2. The number of likely N-dealkylation sites (N-methyl/N-ethyl adjacent to an activating group) is 1. The average Bonchev–Trinajstić information content (AvgIpc) is 2.86. The lowest BCUT2D eigenvalue weighted by Gasteiger charge is -2.33. The van der Waals surface area contributed by atoms with E-state index in [-0.39, 0.29) is 5.91 Å². The second kappa shape index (κ2) is 6.88. The topological polar surface area (TPSA) is 41.4 Å². The van der Waals surface area contributed by atoms with Gasteiger partial charge in [0.2, 0.25) is 5.91 Å². The number of imidazole rings is 1. The van der Waals surface area contributed by atoms with Crippen LogP contribution in [0, 0.1) is 0 Å². The van der Waals surface area contributed by atoms with Crippen molar-refractivity contribution in [2.75, 3.05) is 32.7 Å². The number of carbonyl (C=O) groups excluding carboxylic acids is 1. The van der Waals surface area contributed by atoms with Gasteiger partial charge in [0, 0.05) is 45.0 Å². The highest BCUT2D eigenvalue weighted by Gasteiger charge is 2.26. The van der Waals surface area contributed by atoms with Gasteiger partial charge in [0.1, 0.15) is 5.82 Å². The molecule has 1 aliphatic heterocycles. The molecule has 0 radical (unpaired) electrons. The maximum atomic E-state index is 12.2. The van der Waals surface area contributed by atoms with Crippen molar-refractivity contribution in [2.24, 2.45) is 7.05 Å². The van der Waals surface area contributed by atoms with E-state index in [4.69, 9.17) is 0 Å². The highest BCUT2D eigenvalue weighted by Crippen LogP contribution is 2.25. The van der Waals surface area contributed by atoms with Crippen LogP contribution in [0.2, 0.25) is 0 Å². The molecule has 2 rings (SSSR count). The quantitative estimate of drug-likeness (QED) is 0.819. The van der Waals surface area contributed by atoms with Crippen LogP contribution in [-0.2, 0) is 11.8 Å². The van der Waals surface area contributed by atoms with Crippen LogP contribution >= 0.6 is 0 Å². The predicted octanol–water partition coefficient (Wildman–Crippen LogP) is 1.47. The summed E-state index contributed by atoms with van der Waals surface area (Å²) in [6.07, 6.45) is 6.16. The van der Waals surface area contributed by atoms with Crippen LogP contribution in [-0.4, -0.2) is 58.0 Å². The van der Waals surface area contributed by atoms with Crippen LogP contribution < -0.4 is 0 Å². The summed E-state index contributed by atoms with van der Waals surface area (Å²) in [7, 11) is 2.04. The first-order valence-corrected chi connectivity index (χ1v) is 7.63. The summed E-state index contributed by atoms with van der Waals surface area (Å²) in [6, 6.07) is 0. The number of aryl methyl sites for hydroxylation is 1. The van der Waals surface area contributed by atoms with E-state index in [9.17, 15) is 4.79 Å². The highest BCUT2D eigenvalue weighted by molar-refractivity contribution is 5.78. The minimum atomic E-state index is 0.246. The molecule has 1 aromatic rings. The standard InChI is InChI=1S/C15H26N4O/c1-4-19(5-2)14(20)12-18-9-6-7-13(11-18)15-16-8-10-17(15)3/h8,10,13H,4-7,9,11-12H2,1-3H3/t13-/m0/s1. The molecule has 5 heteroatoms. The lowest BCUT2D eigenvalue weighted by atomic mass is 9.97. The molecule has 0 spiro atoms. The Morgan fingerprint density at radius 3 is 2.80 bits per heavy atom. The Balaban J connectivity index is 1.94. The van der Waals surface area contributed by atoms with Gasteiger partial charge in [0.25, 0.3) is 0 Å². The lowest BCUT2D eigenvalue weighted by Crippen LogP contribution is -2.44. The third-order valence-electron chi connectivity index (χ3n) is 4.20. The fourth-order valence-electron chi connectivity index (χ4n) is 3.05. The largest absolute Gasteiger partial charge is 0.342 e. The Labute approximate surface area is 121 Å². The monoisotopic (exact) mass is 278 g/mol. The Kier molecular flexibility index (Phi) is 5.17. The van der Waals surface area contributed by atoms with E-state index in [1.807, 2.05) is 38.2 Å². The SMILES string of the molecule is CCN(CC)C(=O)CN1CCC[C@H](c2nccn2C)C1. The summed E-state index contributed by atoms with van der Waals surface area (Å²) in [5.41, 5.74) is 0. The second-order valence-electron chi connectivity index (χ2n) is 5.54. The molecular weight excluding hydrogens is 252 g/mol. The molecule has 112 valence electrons. The molecule has 0 aliphatic carbocycles. The minimum Gasteiger partial charge on any atom is -0.342 e. The molecule has 5 nitrogen and oxygen atoms in total. The molecule has 1 atom stereocenters. The Morgan fingerprint density at radius 1 is 1.45 bits per heavy atom. The molecule has 1 saturated heterocycles. The molecule has 0 bridgehead atoms. The molecule has 2 heterocycles. The zero-order chi connectivity index (χ0) is 14.5. The molecule has 0 saturated carbocycles. The zero-order valence-corrected chi connectivity index (χ0v) is 12.9. The molecule has 0 unspecified atom stereocenters. The third kappa shape index (κ3) is 3.39. The van der Waals surface area contributed by atoms with Gasteiger partial charge >= 0.3 is 0 Å². The smallest absolute Gasteiger partial charge is 0.236 e. The van der Waals surface area contributed by atoms with Crippen molar-refractivity contribution in [2.45, 2.75) is 32.6 Å². The first-order valence-electron chi connectivity index (χ1n) is 7.63. The van der Waals surface area contributed by atoms with Crippen LogP contribution in [0.15, 0.2) is 12.4 Å². The van der Waals surface area contributed by atoms with Crippen molar-refractivity contribution < 1.29 is 4.79 Å². The van der Waals surface area contributed by atoms with E-state index in [1.165, 1.54) is 6.42 Å². The average molecular weight is 278 g/mol. The highest BCUT2D eigenvalue weighted by atomic mass is 16.2. The number of carbonyl (C=O) groups is 1. The van der Waals surface area contributed by atoms with Gasteiger partial charge in [-0.2, -0.15) is 0 Å². The first-order chi connectivity index (χ1) is 9.65.